The summed E-state index contributed by atoms with van der Waals surface area (Å²) in [5.74, 6) is -1.42. The number of methoxy groups -OCH3 is 1. The first-order valence-electron chi connectivity index (χ1n) is 6.55. The topological polar surface area (TPSA) is 116 Å². The van der Waals surface area contributed by atoms with Crippen LogP contribution in [-0.2, 0) is 10.0 Å². The van der Waals surface area contributed by atoms with Crippen molar-refractivity contribution in [2.24, 2.45) is 5.73 Å². The van der Waals surface area contributed by atoms with E-state index in [1.54, 1.807) is 0 Å². The predicted molar refractivity (Wildman–Crippen MR) is 87.6 cm³/mol. The van der Waals surface area contributed by atoms with E-state index in [0.717, 1.165) is 0 Å². The van der Waals surface area contributed by atoms with Crippen LogP contribution in [0.4, 0.5) is 0 Å². The van der Waals surface area contributed by atoms with Crippen LogP contribution < -0.4 is 15.2 Å². The maximum Gasteiger partial charge on any atom is 0.268 e. The number of amides is 2. The fourth-order valence-corrected chi connectivity index (χ4v) is 3.02. The minimum absolute atomic E-state index is 0.0132. The molecule has 2 aromatic carbocycles. The van der Waals surface area contributed by atoms with E-state index in [1.165, 1.54) is 49.6 Å². The van der Waals surface area contributed by atoms with Gasteiger partial charge in [-0.3, -0.25) is 9.59 Å². The summed E-state index contributed by atoms with van der Waals surface area (Å²) >= 11 is 5.80. The number of ether oxygens (including phenoxy) is 1. The standard InChI is InChI=1S/C15H13ClN2O5S/c1-23-13-8-10(16)4-7-12(13)15(20)18-24(21,22)11-5-2-9(3-6-11)14(17)19/h2-8H,1H3,(H2,17,19)(H,18,20). The number of primary amides is 1. The molecule has 0 aliphatic heterocycles. The number of carbonyl (C=O) groups excluding carboxylic acids is 2. The molecule has 0 fully saturated rings. The van der Waals surface area contributed by atoms with Crippen molar-refractivity contribution in [3.63, 3.8) is 0 Å². The molecule has 0 spiro atoms. The average Bonchev–Trinajstić information content (AvgIpc) is 2.54. The number of hydrogen-bond acceptors (Lipinski definition) is 5. The molecule has 0 saturated carbocycles. The maximum atomic E-state index is 12.2. The number of hydrogen-bond donors (Lipinski definition) is 2. The van der Waals surface area contributed by atoms with Crippen molar-refractivity contribution in [1.82, 2.24) is 4.72 Å². The van der Waals surface area contributed by atoms with E-state index in [9.17, 15) is 18.0 Å². The van der Waals surface area contributed by atoms with Crippen LogP contribution in [0.3, 0.4) is 0 Å². The van der Waals surface area contributed by atoms with E-state index in [1.807, 2.05) is 4.72 Å². The van der Waals surface area contributed by atoms with Crippen molar-refractivity contribution in [2.75, 3.05) is 7.11 Å². The van der Waals surface area contributed by atoms with Crippen LogP contribution >= 0.6 is 11.6 Å². The van der Waals surface area contributed by atoms with Gasteiger partial charge in [0.1, 0.15) is 5.75 Å². The lowest BCUT2D eigenvalue weighted by Crippen LogP contribution is -2.31. The number of halogens is 1. The van der Waals surface area contributed by atoms with Gasteiger partial charge in [-0.2, -0.15) is 0 Å². The van der Waals surface area contributed by atoms with E-state index >= 15 is 0 Å². The Balaban J connectivity index is 2.28. The van der Waals surface area contributed by atoms with Gasteiger partial charge in [0.2, 0.25) is 5.91 Å². The van der Waals surface area contributed by atoms with Gasteiger partial charge in [0.25, 0.3) is 15.9 Å². The van der Waals surface area contributed by atoms with Crippen LogP contribution in [0.15, 0.2) is 47.4 Å². The van der Waals surface area contributed by atoms with Crippen molar-refractivity contribution in [2.45, 2.75) is 4.90 Å². The van der Waals surface area contributed by atoms with E-state index in [0.29, 0.717) is 5.02 Å². The first-order valence-corrected chi connectivity index (χ1v) is 8.41. The Morgan fingerprint density at radius 1 is 1.12 bits per heavy atom. The molecule has 126 valence electrons. The van der Waals surface area contributed by atoms with Crippen LogP contribution in [0.25, 0.3) is 0 Å². The Morgan fingerprint density at radius 2 is 1.75 bits per heavy atom. The zero-order valence-electron chi connectivity index (χ0n) is 12.4. The fourth-order valence-electron chi connectivity index (χ4n) is 1.89. The Kier molecular flexibility index (Phi) is 5.10. The van der Waals surface area contributed by atoms with E-state index < -0.39 is 21.8 Å². The third-order valence-electron chi connectivity index (χ3n) is 3.08. The SMILES string of the molecule is COc1cc(Cl)ccc1C(=O)NS(=O)(=O)c1ccc(C(N)=O)cc1. The van der Waals surface area contributed by atoms with E-state index in [2.05, 4.69) is 0 Å². The molecule has 2 aromatic rings. The van der Waals surface area contributed by atoms with Crippen molar-refractivity contribution in [3.8, 4) is 5.75 Å². The number of rotatable bonds is 5. The molecule has 0 bridgehead atoms. The summed E-state index contributed by atoms with van der Waals surface area (Å²) in [4.78, 5) is 23.0. The zero-order chi connectivity index (χ0) is 17.9. The second-order valence-electron chi connectivity index (χ2n) is 4.67. The molecular weight excluding hydrogens is 356 g/mol. The number of nitrogens with one attached hydrogen (secondary N) is 1. The molecule has 7 nitrogen and oxygen atoms in total. The van der Waals surface area contributed by atoms with E-state index in [4.69, 9.17) is 22.1 Å². The molecule has 0 unspecified atom stereocenters. The summed E-state index contributed by atoms with van der Waals surface area (Å²) in [5, 5.41) is 0.341. The molecular formula is C15H13ClN2O5S. The van der Waals surface area contributed by atoms with E-state index in [-0.39, 0.29) is 21.8 Å². The average molecular weight is 369 g/mol. The Bertz CT molecular complexity index is 895. The lowest BCUT2D eigenvalue weighted by atomic mass is 10.2. The van der Waals surface area contributed by atoms with Crippen LogP contribution in [-0.4, -0.2) is 27.3 Å². The third-order valence-corrected chi connectivity index (χ3v) is 4.67. The highest BCUT2D eigenvalue weighted by molar-refractivity contribution is 7.90. The quantitative estimate of drug-likeness (QED) is 0.831. The molecule has 9 heteroatoms. The van der Waals surface area contributed by atoms with Gasteiger partial charge >= 0.3 is 0 Å². The zero-order valence-corrected chi connectivity index (χ0v) is 14.0. The largest absolute Gasteiger partial charge is 0.496 e. The van der Waals surface area contributed by atoms with Gasteiger partial charge in [-0.25, -0.2) is 13.1 Å². The predicted octanol–water partition coefficient (Wildman–Crippen LogP) is 1.57. The third kappa shape index (κ3) is 3.84. The Hall–Kier alpha value is -2.58. The van der Waals surface area contributed by atoms with Gasteiger partial charge in [-0.05, 0) is 42.5 Å². The molecule has 24 heavy (non-hydrogen) atoms. The number of benzene rings is 2. The highest BCUT2D eigenvalue weighted by Gasteiger charge is 2.21. The van der Waals surface area contributed by atoms with Gasteiger partial charge in [0.15, 0.2) is 0 Å². The number of carbonyl (C=O) groups is 2. The van der Waals surface area contributed by atoms with Gasteiger partial charge < -0.3 is 10.5 Å². The fraction of sp³-hybridized carbons (Fsp3) is 0.0667. The molecule has 0 saturated heterocycles. The van der Waals surface area contributed by atoms with Gasteiger partial charge in [-0.15, -0.1) is 0 Å². The first-order chi connectivity index (χ1) is 11.2. The van der Waals surface area contributed by atoms with Crippen molar-refractivity contribution in [3.05, 3.63) is 58.6 Å². The van der Waals surface area contributed by atoms with Crippen LogP contribution in [0, 0.1) is 0 Å². The van der Waals surface area contributed by atoms with Crippen LogP contribution in [0.1, 0.15) is 20.7 Å². The van der Waals surface area contributed by atoms with Gasteiger partial charge in [0, 0.05) is 10.6 Å². The molecule has 0 aromatic heterocycles. The molecule has 2 amide bonds. The molecule has 3 N–H and O–H groups in total. The second-order valence-corrected chi connectivity index (χ2v) is 6.79. The van der Waals surface area contributed by atoms with Crippen LogP contribution in [0.2, 0.25) is 5.02 Å². The Labute approximate surface area is 143 Å². The number of nitrogens with two attached hydrogens (primary N) is 1. The van der Waals surface area contributed by atoms with Crippen molar-refractivity contribution < 1.29 is 22.7 Å². The van der Waals surface area contributed by atoms with Gasteiger partial charge in [-0.1, -0.05) is 11.6 Å². The Morgan fingerprint density at radius 3 is 2.29 bits per heavy atom. The van der Waals surface area contributed by atoms with Crippen LogP contribution in [0.5, 0.6) is 5.75 Å². The molecule has 0 aliphatic rings. The summed E-state index contributed by atoms with van der Waals surface area (Å²) in [6, 6.07) is 9.04. The maximum absolute atomic E-state index is 12.2. The molecule has 0 heterocycles. The highest BCUT2D eigenvalue weighted by atomic mass is 35.5. The summed E-state index contributed by atoms with van der Waals surface area (Å²) in [7, 11) is -2.79. The summed E-state index contributed by atoms with van der Waals surface area (Å²) in [5.41, 5.74) is 5.26. The monoisotopic (exact) mass is 368 g/mol. The molecule has 0 atom stereocenters. The molecule has 0 aliphatic carbocycles. The number of sulfonamides is 1. The van der Waals surface area contributed by atoms with Crippen molar-refractivity contribution >= 4 is 33.4 Å². The van der Waals surface area contributed by atoms with Crippen molar-refractivity contribution in [1.29, 1.82) is 0 Å². The second kappa shape index (κ2) is 6.90. The smallest absolute Gasteiger partial charge is 0.268 e. The molecule has 0 radical (unpaired) electrons. The first kappa shape index (κ1) is 17.8. The summed E-state index contributed by atoms with van der Waals surface area (Å²) < 4.78 is 31.4. The lowest BCUT2D eigenvalue weighted by molar-refractivity contribution is 0.0975. The van der Waals surface area contributed by atoms with Gasteiger partial charge in [0.05, 0.1) is 17.6 Å². The summed E-state index contributed by atoms with van der Waals surface area (Å²) in [6.07, 6.45) is 0. The normalized spacial score (nSPS) is 10.9. The molecule has 2 rings (SSSR count). The minimum atomic E-state index is -4.13. The minimum Gasteiger partial charge on any atom is -0.496 e. The lowest BCUT2D eigenvalue weighted by Gasteiger charge is -2.10. The highest BCUT2D eigenvalue weighted by Crippen LogP contribution is 2.23. The summed E-state index contributed by atoms with van der Waals surface area (Å²) in [6.45, 7) is 0.